The number of rotatable bonds is 6. The molecule has 2 amide bonds. The van der Waals surface area contributed by atoms with Gasteiger partial charge >= 0.3 is 0 Å². The average molecular weight is 482 g/mol. The fraction of sp³-hybridized carbons (Fsp3) is 0.167. The van der Waals surface area contributed by atoms with Crippen LogP contribution in [0.2, 0.25) is 5.02 Å². The van der Waals surface area contributed by atoms with E-state index in [0.717, 1.165) is 23.7 Å². The van der Waals surface area contributed by atoms with E-state index in [1.165, 1.54) is 17.7 Å². The quantitative estimate of drug-likeness (QED) is 0.352. The molecule has 1 aliphatic rings. The van der Waals surface area contributed by atoms with Crippen LogP contribution in [0.5, 0.6) is 0 Å². The van der Waals surface area contributed by atoms with Crippen molar-refractivity contribution in [1.29, 1.82) is 0 Å². The number of anilines is 2. The van der Waals surface area contributed by atoms with E-state index in [2.05, 4.69) is 12.2 Å². The Labute approximate surface area is 199 Å². The number of aryl methyl sites for hydroxylation is 1. The third kappa shape index (κ3) is 4.86. The maximum absolute atomic E-state index is 12.6. The Morgan fingerprint density at radius 2 is 1.85 bits per heavy atom. The lowest BCUT2D eigenvalue weighted by Crippen LogP contribution is -2.27. The van der Waals surface area contributed by atoms with Crippen LogP contribution >= 0.6 is 23.4 Å². The number of carbonyl (C=O) groups excluding carboxylic acids is 2. The summed E-state index contributed by atoms with van der Waals surface area (Å²) in [6.07, 6.45) is 0.933. The summed E-state index contributed by atoms with van der Waals surface area (Å²) in [6, 6.07) is 19.1. The molecule has 4 rings (SSSR count). The van der Waals surface area contributed by atoms with Crippen molar-refractivity contribution in [2.45, 2.75) is 18.7 Å². The first kappa shape index (κ1) is 22.8. The third-order valence-electron chi connectivity index (χ3n) is 5.35. The number of carbonyl (C=O) groups is 2. The molecule has 0 saturated carbocycles. The zero-order valence-electron chi connectivity index (χ0n) is 17.7. The first-order valence-electron chi connectivity index (χ1n) is 10.2. The number of amides is 2. The molecule has 0 radical (unpaired) electrons. The highest BCUT2D eigenvalue weighted by Gasteiger charge is 2.34. The van der Waals surface area contributed by atoms with Crippen LogP contribution in [-0.4, -0.2) is 22.5 Å². The predicted octanol–water partition coefficient (Wildman–Crippen LogP) is 5.84. The van der Waals surface area contributed by atoms with Crippen LogP contribution in [0.4, 0.5) is 17.1 Å². The van der Waals surface area contributed by atoms with E-state index in [4.69, 9.17) is 11.6 Å². The second-order valence-electron chi connectivity index (χ2n) is 7.45. The van der Waals surface area contributed by atoms with Gasteiger partial charge in [0.25, 0.3) is 11.6 Å². The van der Waals surface area contributed by atoms with Crippen molar-refractivity contribution in [2.24, 2.45) is 0 Å². The van der Waals surface area contributed by atoms with Gasteiger partial charge in [-0.15, -0.1) is 11.8 Å². The monoisotopic (exact) mass is 481 g/mol. The molecular formula is C24H20ClN3O4S. The molecule has 1 saturated heterocycles. The Hall–Kier alpha value is -3.36. The summed E-state index contributed by atoms with van der Waals surface area (Å²) in [5, 5.41) is 13.6. The van der Waals surface area contributed by atoms with Crippen LogP contribution in [0, 0.1) is 10.1 Å². The van der Waals surface area contributed by atoms with E-state index in [1.807, 2.05) is 36.4 Å². The number of hydrogen-bond acceptors (Lipinski definition) is 5. The van der Waals surface area contributed by atoms with Crippen LogP contribution in [0.1, 0.15) is 33.8 Å². The standard InChI is InChI=1S/C24H20ClN3O4S/c1-2-15-3-10-19(11-4-15)27-22(29)14-33-24(27)16-5-8-18(9-6-16)26-23(30)17-7-12-20(25)21(13-17)28(31)32/h3-13,24H,2,14H2,1H3,(H,26,30)/t24-/m1/s1. The van der Waals surface area contributed by atoms with Gasteiger partial charge in [0.15, 0.2) is 0 Å². The summed E-state index contributed by atoms with van der Waals surface area (Å²) >= 11 is 7.37. The molecule has 9 heteroatoms. The molecule has 3 aromatic carbocycles. The summed E-state index contributed by atoms with van der Waals surface area (Å²) < 4.78 is 0. The molecular weight excluding hydrogens is 462 g/mol. The molecule has 3 aromatic rings. The minimum Gasteiger partial charge on any atom is -0.322 e. The van der Waals surface area contributed by atoms with E-state index in [0.29, 0.717) is 11.4 Å². The van der Waals surface area contributed by atoms with Gasteiger partial charge in [-0.1, -0.05) is 42.8 Å². The van der Waals surface area contributed by atoms with E-state index in [9.17, 15) is 19.7 Å². The van der Waals surface area contributed by atoms with Gasteiger partial charge < -0.3 is 5.32 Å². The van der Waals surface area contributed by atoms with Crippen molar-refractivity contribution in [3.05, 3.63) is 98.6 Å². The smallest absolute Gasteiger partial charge is 0.288 e. The van der Waals surface area contributed by atoms with E-state index >= 15 is 0 Å². The first-order chi connectivity index (χ1) is 15.9. The maximum Gasteiger partial charge on any atom is 0.288 e. The molecule has 0 aliphatic carbocycles. The van der Waals surface area contributed by atoms with Gasteiger partial charge in [0.2, 0.25) is 5.91 Å². The summed E-state index contributed by atoms with van der Waals surface area (Å²) in [7, 11) is 0. The SMILES string of the molecule is CCc1ccc(N2C(=O)CS[C@@H]2c2ccc(NC(=O)c3ccc(Cl)c([N+](=O)[O-])c3)cc2)cc1. The minimum absolute atomic E-state index is 0.0293. The molecule has 1 aliphatic heterocycles. The lowest BCUT2D eigenvalue weighted by Gasteiger charge is -2.24. The lowest BCUT2D eigenvalue weighted by molar-refractivity contribution is -0.384. The van der Waals surface area contributed by atoms with Crippen LogP contribution in [0.3, 0.4) is 0 Å². The van der Waals surface area contributed by atoms with Crippen molar-refractivity contribution in [3.63, 3.8) is 0 Å². The van der Waals surface area contributed by atoms with Gasteiger partial charge in [-0.2, -0.15) is 0 Å². The van der Waals surface area contributed by atoms with Gasteiger partial charge in [-0.25, -0.2) is 0 Å². The predicted molar refractivity (Wildman–Crippen MR) is 131 cm³/mol. The molecule has 0 aromatic heterocycles. The summed E-state index contributed by atoms with van der Waals surface area (Å²) in [4.78, 5) is 37.3. The Bertz CT molecular complexity index is 1220. The number of halogens is 1. The molecule has 168 valence electrons. The number of nitro benzene ring substituents is 1. The van der Waals surface area contributed by atoms with Crippen molar-refractivity contribution in [3.8, 4) is 0 Å². The minimum atomic E-state index is -0.629. The summed E-state index contributed by atoms with van der Waals surface area (Å²) in [5.41, 5.74) is 3.35. The van der Waals surface area contributed by atoms with E-state index in [-0.39, 0.29) is 27.6 Å². The fourth-order valence-electron chi connectivity index (χ4n) is 3.57. The van der Waals surface area contributed by atoms with Crippen LogP contribution < -0.4 is 10.2 Å². The lowest BCUT2D eigenvalue weighted by atomic mass is 10.1. The molecule has 1 heterocycles. The number of thioether (sulfide) groups is 1. The largest absolute Gasteiger partial charge is 0.322 e. The second kappa shape index (κ2) is 9.64. The van der Waals surface area contributed by atoms with Gasteiger partial charge in [0.05, 0.1) is 10.7 Å². The van der Waals surface area contributed by atoms with Crippen molar-refractivity contribution in [2.75, 3.05) is 16.0 Å². The normalized spacial score (nSPS) is 15.5. The van der Waals surface area contributed by atoms with Gasteiger partial charge in [0.1, 0.15) is 10.4 Å². The van der Waals surface area contributed by atoms with Gasteiger partial charge in [-0.05, 0) is 53.9 Å². The Balaban J connectivity index is 1.50. The summed E-state index contributed by atoms with van der Waals surface area (Å²) in [5.74, 6) is -0.0323. The molecule has 0 bridgehead atoms. The molecule has 1 fully saturated rings. The number of nitrogens with one attached hydrogen (secondary N) is 1. The molecule has 1 N–H and O–H groups in total. The molecule has 1 atom stereocenters. The average Bonchev–Trinajstić information content (AvgIpc) is 3.21. The first-order valence-corrected chi connectivity index (χ1v) is 11.7. The molecule has 0 spiro atoms. The highest BCUT2D eigenvalue weighted by Crippen LogP contribution is 2.42. The Morgan fingerprint density at radius 3 is 2.48 bits per heavy atom. The zero-order chi connectivity index (χ0) is 23.5. The topological polar surface area (TPSA) is 92.6 Å². The van der Waals surface area contributed by atoms with Crippen molar-refractivity contribution in [1.82, 2.24) is 0 Å². The zero-order valence-corrected chi connectivity index (χ0v) is 19.2. The van der Waals surface area contributed by atoms with Gasteiger partial charge in [0, 0.05) is 23.0 Å². The van der Waals surface area contributed by atoms with E-state index in [1.54, 1.807) is 28.8 Å². The van der Waals surface area contributed by atoms with E-state index < -0.39 is 10.8 Å². The summed E-state index contributed by atoms with van der Waals surface area (Å²) in [6.45, 7) is 2.09. The highest BCUT2D eigenvalue weighted by atomic mass is 35.5. The molecule has 0 unspecified atom stereocenters. The molecule has 33 heavy (non-hydrogen) atoms. The van der Waals surface area contributed by atoms with Crippen LogP contribution in [-0.2, 0) is 11.2 Å². The van der Waals surface area contributed by atoms with Crippen molar-refractivity contribution < 1.29 is 14.5 Å². The number of hydrogen-bond donors (Lipinski definition) is 1. The fourth-order valence-corrected chi connectivity index (χ4v) is 4.93. The third-order valence-corrected chi connectivity index (χ3v) is 6.88. The Kier molecular flexibility index (Phi) is 6.67. The van der Waals surface area contributed by atoms with Crippen LogP contribution in [0.25, 0.3) is 0 Å². The van der Waals surface area contributed by atoms with Gasteiger partial charge in [-0.3, -0.25) is 24.6 Å². The maximum atomic E-state index is 12.6. The second-order valence-corrected chi connectivity index (χ2v) is 8.92. The Morgan fingerprint density at radius 1 is 1.15 bits per heavy atom. The number of nitrogens with zero attached hydrogens (tertiary/aromatic N) is 2. The molecule has 7 nitrogen and oxygen atoms in total. The van der Waals surface area contributed by atoms with Crippen LogP contribution in [0.15, 0.2) is 66.7 Å². The number of nitro groups is 1. The number of benzene rings is 3. The highest BCUT2D eigenvalue weighted by molar-refractivity contribution is 8.00. The van der Waals surface area contributed by atoms with Crippen molar-refractivity contribution >= 4 is 52.2 Å².